The molecule has 3 nitrogen and oxygen atoms in total. The summed E-state index contributed by atoms with van der Waals surface area (Å²) in [6.45, 7) is 7.43. The minimum absolute atomic E-state index is 0.350. The number of hydrogen-bond donors (Lipinski definition) is 2. The van der Waals surface area contributed by atoms with Crippen LogP contribution in [0.4, 0.5) is 11.4 Å². The lowest BCUT2D eigenvalue weighted by Gasteiger charge is -2.06. The van der Waals surface area contributed by atoms with Crippen LogP contribution in [-0.2, 0) is 0 Å². The van der Waals surface area contributed by atoms with Gasteiger partial charge in [-0.25, -0.2) is 4.99 Å². The van der Waals surface area contributed by atoms with E-state index in [1.807, 2.05) is 48.5 Å². The summed E-state index contributed by atoms with van der Waals surface area (Å²) in [5, 5.41) is 3.04. The smallest absolute Gasteiger partial charge is 0.198 e. The van der Waals surface area contributed by atoms with Gasteiger partial charge in [0.05, 0.1) is 5.69 Å². The third kappa shape index (κ3) is 3.59. The zero-order valence-electron chi connectivity index (χ0n) is 11.2. The molecule has 2 aromatic carbocycles. The van der Waals surface area contributed by atoms with E-state index in [2.05, 4.69) is 23.5 Å². The van der Waals surface area contributed by atoms with Crippen molar-refractivity contribution in [1.82, 2.24) is 0 Å². The van der Waals surface area contributed by atoms with Crippen molar-refractivity contribution in [2.75, 3.05) is 5.32 Å². The van der Waals surface area contributed by atoms with Gasteiger partial charge in [0.25, 0.3) is 0 Å². The van der Waals surface area contributed by atoms with E-state index in [0.717, 1.165) is 22.5 Å². The molecule has 0 heterocycles. The molecule has 0 unspecified atom stereocenters. The first-order chi connectivity index (χ1) is 9.71. The van der Waals surface area contributed by atoms with E-state index in [-0.39, 0.29) is 0 Å². The monoisotopic (exact) mass is 263 g/mol. The molecule has 0 amide bonds. The first kappa shape index (κ1) is 13.6. The van der Waals surface area contributed by atoms with Gasteiger partial charge in [0.1, 0.15) is 0 Å². The van der Waals surface area contributed by atoms with Gasteiger partial charge in [-0.05, 0) is 35.4 Å². The van der Waals surface area contributed by atoms with Crippen LogP contribution in [0.25, 0.3) is 12.2 Å². The minimum Gasteiger partial charge on any atom is -0.369 e. The third-order valence-corrected chi connectivity index (χ3v) is 2.80. The molecule has 0 radical (unpaired) electrons. The molecule has 0 fully saturated rings. The first-order valence-electron chi connectivity index (χ1n) is 6.27. The van der Waals surface area contributed by atoms with Gasteiger partial charge in [-0.1, -0.05) is 49.6 Å². The van der Waals surface area contributed by atoms with Gasteiger partial charge in [-0.15, -0.1) is 0 Å². The van der Waals surface area contributed by atoms with Crippen molar-refractivity contribution in [2.45, 2.75) is 0 Å². The summed E-state index contributed by atoms with van der Waals surface area (Å²) < 4.78 is 0. The molecule has 0 aliphatic carbocycles. The molecule has 2 rings (SSSR count). The van der Waals surface area contributed by atoms with Crippen LogP contribution in [-0.4, -0.2) is 5.96 Å². The van der Waals surface area contributed by atoms with Gasteiger partial charge >= 0.3 is 0 Å². The Morgan fingerprint density at radius 1 is 0.900 bits per heavy atom. The molecule has 20 heavy (non-hydrogen) atoms. The quantitative estimate of drug-likeness (QED) is 0.646. The predicted molar refractivity (Wildman–Crippen MR) is 88.0 cm³/mol. The number of anilines is 1. The molecular weight excluding hydrogens is 246 g/mol. The highest BCUT2D eigenvalue weighted by Gasteiger charge is 1.96. The number of guanidine groups is 1. The summed E-state index contributed by atoms with van der Waals surface area (Å²) in [6, 6.07) is 15.5. The Balaban J connectivity index is 2.08. The zero-order valence-corrected chi connectivity index (χ0v) is 11.2. The molecule has 0 saturated heterocycles. The van der Waals surface area contributed by atoms with E-state index < -0.39 is 0 Å². The highest BCUT2D eigenvalue weighted by atomic mass is 15.1. The van der Waals surface area contributed by atoms with Crippen molar-refractivity contribution in [3.63, 3.8) is 0 Å². The maximum Gasteiger partial charge on any atom is 0.198 e. The Hall–Kier alpha value is -2.81. The van der Waals surface area contributed by atoms with Crippen molar-refractivity contribution >= 4 is 29.5 Å². The highest BCUT2D eigenvalue weighted by molar-refractivity contribution is 5.94. The lowest BCUT2D eigenvalue weighted by atomic mass is 10.2. The lowest BCUT2D eigenvalue weighted by Crippen LogP contribution is -2.21. The Labute approximate surface area is 119 Å². The van der Waals surface area contributed by atoms with Gasteiger partial charge in [0.15, 0.2) is 5.96 Å². The number of aliphatic imine (C=N–C) groups is 1. The van der Waals surface area contributed by atoms with Crippen molar-refractivity contribution in [3.05, 3.63) is 72.8 Å². The summed E-state index contributed by atoms with van der Waals surface area (Å²) in [5.41, 5.74) is 9.67. The van der Waals surface area contributed by atoms with Crippen LogP contribution in [0.3, 0.4) is 0 Å². The van der Waals surface area contributed by atoms with Crippen LogP contribution in [0.5, 0.6) is 0 Å². The Bertz CT molecular complexity index is 622. The summed E-state index contributed by atoms with van der Waals surface area (Å²) in [6.07, 6.45) is 3.58. The molecule has 0 aliphatic rings. The summed E-state index contributed by atoms with van der Waals surface area (Å²) >= 11 is 0. The SMILES string of the molecule is C=Cc1ccc(N=C(N)Nc2ccc(C=C)cc2)cc1. The maximum atomic E-state index is 5.88. The second-order valence-electron chi connectivity index (χ2n) is 4.24. The maximum absolute atomic E-state index is 5.88. The average molecular weight is 263 g/mol. The molecule has 2 aromatic rings. The summed E-state index contributed by atoms with van der Waals surface area (Å²) in [7, 11) is 0. The predicted octanol–water partition coefficient (Wildman–Crippen LogP) is 4.03. The van der Waals surface area contributed by atoms with E-state index in [4.69, 9.17) is 5.73 Å². The van der Waals surface area contributed by atoms with Gasteiger partial charge in [0.2, 0.25) is 0 Å². The summed E-state index contributed by atoms with van der Waals surface area (Å²) in [4.78, 5) is 4.30. The average Bonchev–Trinajstić information content (AvgIpc) is 2.49. The first-order valence-corrected chi connectivity index (χ1v) is 6.27. The second kappa shape index (κ2) is 6.38. The molecule has 0 saturated carbocycles. The van der Waals surface area contributed by atoms with Crippen LogP contribution < -0.4 is 11.1 Å². The molecule has 0 spiro atoms. The van der Waals surface area contributed by atoms with E-state index in [0.29, 0.717) is 5.96 Å². The molecular formula is C17H17N3. The highest BCUT2D eigenvalue weighted by Crippen LogP contribution is 2.14. The number of rotatable bonds is 4. The largest absolute Gasteiger partial charge is 0.369 e. The van der Waals surface area contributed by atoms with Crippen molar-refractivity contribution in [1.29, 1.82) is 0 Å². The number of nitrogens with zero attached hydrogens (tertiary/aromatic N) is 1. The molecule has 0 aliphatic heterocycles. The normalized spacial score (nSPS) is 10.9. The van der Waals surface area contributed by atoms with Crippen molar-refractivity contribution in [2.24, 2.45) is 10.7 Å². The fourth-order valence-corrected chi connectivity index (χ4v) is 1.70. The standard InChI is InChI=1S/C17H17N3/c1-3-13-5-9-15(10-6-13)19-17(18)20-16-11-7-14(4-2)8-12-16/h3-12H,1-2H2,(H3,18,19,20). The number of hydrogen-bond acceptors (Lipinski definition) is 1. The molecule has 100 valence electrons. The lowest BCUT2D eigenvalue weighted by molar-refractivity contribution is 1.44. The fraction of sp³-hybridized carbons (Fsp3) is 0. The topological polar surface area (TPSA) is 50.4 Å². The molecule has 0 atom stereocenters. The minimum atomic E-state index is 0.350. The van der Waals surface area contributed by atoms with Gasteiger partial charge in [0, 0.05) is 5.69 Å². The third-order valence-electron chi connectivity index (χ3n) is 2.80. The Kier molecular flexibility index (Phi) is 4.35. The molecule has 3 heteroatoms. The zero-order chi connectivity index (χ0) is 14.4. The Morgan fingerprint density at radius 3 is 1.90 bits per heavy atom. The van der Waals surface area contributed by atoms with Crippen LogP contribution in [0.2, 0.25) is 0 Å². The van der Waals surface area contributed by atoms with Crippen LogP contribution in [0.1, 0.15) is 11.1 Å². The number of nitrogens with two attached hydrogens (primary N) is 1. The number of nitrogens with one attached hydrogen (secondary N) is 1. The van der Waals surface area contributed by atoms with E-state index in [1.54, 1.807) is 12.2 Å². The van der Waals surface area contributed by atoms with Crippen LogP contribution in [0.15, 0.2) is 66.7 Å². The van der Waals surface area contributed by atoms with E-state index in [9.17, 15) is 0 Å². The van der Waals surface area contributed by atoms with Crippen molar-refractivity contribution in [3.8, 4) is 0 Å². The fourth-order valence-electron chi connectivity index (χ4n) is 1.70. The van der Waals surface area contributed by atoms with Gasteiger partial charge < -0.3 is 11.1 Å². The molecule has 0 bridgehead atoms. The van der Waals surface area contributed by atoms with Crippen LogP contribution in [0, 0.1) is 0 Å². The van der Waals surface area contributed by atoms with Gasteiger partial charge in [-0.3, -0.25) is 0 Å². The van der Waals surface area contributed by atoms with E-state index >= 15 is 0 Å². The number of benzene rings is 2. The van der Waals surface area contributed by atoms with E-state index in [1.165, 1.54) is 0 Å². The van der Waals surface area contributed by atoms with Gasteiger partial charge in [-0.2, -0.15) is 0 Å². The summed E-state index contributed by atoms with van der Waals surface area (Å²) in [5.74, 6) is 0.350. The second-order valence-corrected chi connectivity index (χ2v) is 4.24. The molecule has 3 N–H and O–H groups in total. The van der Waals surface area contributed by atoms with Crippen LogP contribution >= 0.6 is 0 Å². The molecule has 0 aromatic heterocycles. The van der Waals surface area contributed by atoms with Crippen molar-refractivity contribution < 1.29 is 0 Å². The Morgan fingerprint density at radius 2 is 1.40 bits per heavy atom.